The minimum Gasteiger partial charge on any atom is -0.367 e. The van der Waals surface area contributed by atoms with E-state index >= 15 is 0 Å². The van der Waals surface area contributed by atoms with Gasteiger partial charge in [0.2, 0.25) is 10.0 Å². The van der Waals surface area contributed by atoms with Crippen LogP contribution in [-0.4, -0.2) is 56.8 Å². The second-order valence-corrected chi connectivity index (χ2v) is 9.96. The zero-order chi connectivity index (χ0) is 20.5. The third-order valence-corrected chi connectivity index (χ3v) is 7.46. The summed E-state index contributed by atoms with van der Waals surface area (Å²) in [7, 11) is -0.742. The Morgan fingerprint density at radius 1 is 1.14 bits per heavy atom. The lowest BCUT2D eigenvalue weighted by molar-refractivity contribution is -0.0691. The normalized spacial score (nSPS) is 20.4. The summed E-state index contributed by atoms with van der Waals surface area (Å²) in [5.41, 5.74) is 1.35. The van der Waals surface area contributed by atoms with Crippen LogP contribution in [0.3, 0.4) is 0 Å². The largest absolute Gasteiger partial charge is 0.367 e. The number of rotatable bonds is 4. The predicted molar refractivity (Wildman–Crippen MR) is 111 cm³/mol. The first-order valence-electron chi connectivity index (χ1n) is 8.92. The van der Waals surface area contributed by atoms with Crippen molar-refractivity contribution in [3.8, 4) is 0 Å². The Hall–Kier alpha value is -1.74. The van der Waals surface area contributed by atoms with Crippen LogP contribution in [0.4, 0.5) is 0 Å². The molecule has 2 atom stereocenters. The summed E-state index contributed by atoms with van der Waals surface area (Å²) in [5.74, 6) is -0.209. The van der Waals surface area contributed by atoms with E-state index in [2.05, 4.69) is 15.9 Å². The van der Waals surface area contributed by atoms with Crippen LogP contribution >= 0.6 is 15.9 Å². The topological polar surface area (TPSA) is 66.9 Å². The first kappa shape index (κ1) is 21.0. The van der Waals surface area contributed by atoms with Crippen LogP contribution in [0.25, 0.3) is 0 Å². The van der Waals surface area contributed by atoms with E-state index in [0.717, 1.165) is 9.87 Å². The van der Waals surface area contributed by atoms with Crippen molar-refractivity contribution in [3.05, 3.63) is 64.1 Å². The van der Waals surface area contributed by atoms with E-state index in [0.29, 0.717) is 23.1 Å². The number of carbonyl (C=O) groups excluding carboxylic acids is 1. The van der Waals surface area contributed by atoms with E-state index in [1.807, 2.05) is 37.3 Å². The highest BCUT2D eigenvalue weighted by Gasteiger charge is 2.31. The SMILES string of the molecule is CC1CN(C(=O)c2ccc(Br)c(S(=O)(=O)N(C)C)c2)CC(c2ccccc2)O1. The van der Waals surface area contributed by atoms with Crippen LogP contribution in [0, 0.1) is 0 Å². The van der Waals surface area contributed by atoms with Gasteiger partial charge in [0, 0.05) is 30.7 Å². The third-order valence-electron chi connectivity index (χ3n) is 4.66. The first-order chi connectivity index (χ1) is 13.2. The van der Waals surface area contributed by atoms with Crippen molar-refractivity contribution in [3.63, 3.8) is 0 Å². The molecule has 1 heterocycles. The molecule has 0 N–H and O–H groups in total. The fraction of sp³-hybridized carbons (Fsp3) is 0.350. The summed E-state index contributed by atoms with van der Waals surface area (Å²) in [5, 5.41) is 0. The molecule has 1 aliphatic heterocycles. The molecular formula is C20H23BrN2O4S. The zero-order valence-electron chi connectivity index (χ0n) is 16.0. The Kier molecular flexibility index (Phi) is 6.24. The van der Waals surface area contributed by atoms with E-state index in [4.69, 9.17) is 4.74 Å². The Morgan fingerprint density at radius 3 is 2.46 bits per heavy atom. The molecule has 0 bridgehead atoms. The number of ether oxygens (including phenoxy) is 1. The predicted octanol–water partition coefficient (Wildman–Crippen LogP) is 3.30. The number of nitrogens with zero attached hydrogens (tertiary/aromatic N) is 2. The Morgan fingerprint density at radius 2 is 1.82 bits per heavy atom. The molecule has 8 heteroatoms. The highest BCUT2D eigenvalue weighted by molar-refractivity contribution is 9.10. The first-order valence-corrected chi connectivity index (χ1v) is 11.1. The van der Waals surface area contributed by atoms with E-state index in [1.54, 1.807) is 17.0 Å². The van der Waals surface area contributed by atoms with Crippen LogP contribution in [0.2, 0.25) is 0 Å². The quantitative estimate of drug-likeness (QED) is 0.692. The molecule has 1 aliphatic rings. The molecule has 2 unspecified atom stereocenters. The second-order valence-electron chi connectivity index (χ2n) is 6.99. The monoisotopic (exact) mass is 466 g/mol. The average molecular weight is 467 g/mol. The van der Waals surface area contributed by atoms with Crippen molar-refractivity contribution in [1.29, 1.82) is 0 Å². The smallest absolute Gasteiger partial charge is 0.254 e. The van der Waals surface area contributed by atoms with E-state index < -0.39 is 10.0 Å². The summed E-state index contributed by atoms with van der Waals surface area (Å²) in [4.78, 5) is 14.9. The zero-order valence-corrected chi connectivity index (χ0v) is 18.4. The number of amides is 1. The summed E-state index contributed by atoms with van der Waals surface area (Å²) >= 11 is 3.28. The summed E-state index contributed by atoms with van der Waals surface area (Å²) in [6.45, 7) is 2.80. The van der Waals surface area contributed by atoms with Gasteiger partial charge in [0.1, 0.15) is 6.10 Å². The lowest BCUT2D eigenvalue weighted by atomic mass is 10.1. The van der Waals surface area contributed by atoms with Gasteiger partial charge in [0.05, 0.1) is 17.5 Å². The molecule has 28 heavy (non-hydrogen) atoms. The van der Waals surface area contributed by atoms with Crippen LogP contribution < -0.4 is 0 Å². The molecule has 1 fully saturated rings. The number of hydrogen-bond acceptors (Lipinski definition) is 4. The molecule has 0 spiro atoms. The van der Waals surface area contributed by atoms with Gasteiger partial charge < -0.3 is 9.64 Å². The average Bonchev–Trinajstić information content (AvgIpc) is 2.67. The Bertz CT molecular complexity index is 963. The third kappa shape index (κ3) is 4.30. The highest BCUT2D eigenvalue weighted by Crippen LogP contribution is 2.29. The van der Waals surface area contributed by atoms with E-state index in [-0.39, 0.29) is 23.0 Å². The van der Waals surface area contributed by atoms with Gasteiger partial charge in [-0.15, -0.1) is 0 Å². The van der Waals surface area contributed by atoms with Crippen LogP contribution in [-0.2, 0) is 14.8 Å². The van der Waals surface area contributed by atoms with Crippen molar-refractivity contribution in [2.75, 3.05) is 27.2 Å². The van der Waals surface area contributed by atoms with Crippen molar-refractivity contribution in [2.45, 2.75) is 24.0 Å². The van der Waals surface area contributed by atoms with Gasteiger partial charge in [-0.2, -0.15) is 0 Å². The van der Waals surface area contributed by atoms with E-state index in [1.165, 1.54) is 20.2 Å². The van der Waals surface area contributed by atoms with Gasteiger partial charge in [-0.05, 0) is 46.6 Å². The number of halogens is 1. The number of benzene rings is 2. The van der Waals surface area contributed by atoms with Crippen LogP contribution in [0.5, 0.6) is 0 Å². The second kappa shape index (κ2) is 8.32. The van der Waals surface area contributed by atoms with Crippen molar-refractivity contribution >= 4 is 31.9 Å². The molecule has 0 saturated carbocycles. The standard InChI is InChI=1S/C20H23BrN2O4S/c1-14-12-23(13-18(27-14)15-7-5-4-6-8-15)20(24)16-9-10-17(21)19(11-16)28(25,26)22(2)3/h4-11,14,18H,12-13H2,1-3H3. The summed E-state index contributed by atoms with van der Waals surface area (Å²) < 4.78 is 32.7. The van der Waals surface area contributed by atoms with Gasteiger partial charge in [0.15, 0.2) is 0 Å². The van der Waals surface area contributed by atoms with Crippen molar-refractivity contribution in [1.82, 2.24) is 9.21 Å². The minimum atomic E-state index is -3.67. The molecule has 6 nitrogen and oxygen atoms in total. The summed E-state index contributed by atoms with van der Waals surface area (Å²) in [6.07, 6.45) is -0.336. The molecule has 150 valence electrons. The van der Waals surface area contributed by atoms with E-state index in [9.17, 15) is 13.2 Å². The molecule has 0 radical (unpaired) electrons. The number of morpholine rings is 1. The van der Waals surface area contributed by atoms with Crippen molar-refractivity contribution < 1.29 is 17.9 Å². The molecule has 1 saturated heterocycles. The fourth-order valence-corrected chi connectivity index (χ4v) is 5.03. The highest BCUT2D eigenvalue weighted by atomic mass is 79.9. The number of sulfonamides is 1. The molecule has 0 aliphatic carbocycles. The van der Waals surface area contributed by atoms with Gasteiger partial charge in [-0.25, -0.2) is 12.7 Å². The van der Waals surface area contributed by atoms with Gasteiger partial charge >= 0.3 is 0 Å². The summed E-state index contributed by atoms with van der Waals surface area (Å²) in [6, 6.07) is 14.4. The Labute approximate surface area is 174 Å². The van der Waals surface area contributed by atoms with Crippen LogP contribution in [0.1, 0.15) is 28.9 Å². The van der Waals surface area contributed by atoms with Gasteiger partial charge in [-0.3, -0.25) is 4.79 Å². The minimum absolute atomic E-state index is 0.0734. The van der Waals surface area contributed by atoms with Crippen LogP contribution in [0.15, 0.2) is 57.9 Å². The molecule has 3 rings (SSSR count). The molecule has 2 aromatic carbocycles. The van der Waals surface area contributed by atoms with Crippen molar-refractivity contribution in [2.24, 2.45) is 0 Å². The van der Waals surface area contributed by atoms with Gasteiger partial charge in [0.25, 0.3) is 5.91 Å². The number of carbonyl (C=O) groups is 1. The van der Waals surface area contributed by atoms with Gasteiger partial charge in [-0.1, -0.05) is 30.3 Å². The molecular weight excluding hydrogens is 444 g/mol. The molecule has 2 aromatic rings. The maximum atomic E-state index is 13.1. The lowest BCUT2D eigenvalue weighted by Gasteiger charge is -2.37. The Balaban J connectivity index is 1.89. The number of hydrogen-bond donors (Lipinski definition) is 0. The maximum absolute atomic E-state index is 13.1. The fourth-order valence-electron chi connectivity index (χ4n) is 3.18. The maximum Gasteiger partial charge on any atom is 0.254 e. The molecule has 1 amide bonds. The molecule has 0 aromatic heterocycles. The lowest BCUT2D eigenvalue weighted by Crippen LogP contribution is -2.46.